The maximum atomic E-state index is 13.0. The molecule has 0 bridgehead atoms. The van der Waals surface area contributed by atoms with E-state index in [1.54, 1.807) is 28.5 Å². The fraction of sp³-hybridized carbons (Fsp3) is 0.389. The number of benzene rings is 1. The number of carbonyl (C=O) groups is 1. The van der Waals surface area contributed by atoms with Crippen LogP contribution in [0.1, 0.15) is 19.4 Å². The van der Waals surface area contributed by atoms with Gasteiger partial charge in [0.2, 0.25) is 17.8 Å². The maximum absolute atomic E-state index is 13.0. The van der Waals surface area contributed by atoms with E-state index >= 15 is 0 Å². The highest BCUT2D eigenvalue weighted by atomic mass is 32.2. The monoisotopic (exact) mass is 418 g/mol. The summed E-state index contributed by atoms with van der Waals surface area (Å²) in [7, 11) is 1.71. The number of rotatable bonds is 9. The summed E-state index contributed by atoms with van der Waals surface area (Å²) < 4.78 is 14.7. The fourth-order valence-corrected chi connectivity index (χ4v) is 3.45. The van der Waals surface area contributed by atoms with Crippen LogP contribution in [-0.2, 0) is 11.3 Å². The summed E-state index contributed by atoms with van der Waals surface area (Å²) in [6.07, 6.45) is 0. The van der Waals surface area contributed by atoms with Crippen LogP contribution in [0.25, 0.3) is 5.78 Å². The molecule has 3 rings (SSSR count). The number of anilines is 2. The number of amides is 1. The summed E-state index contributed by atoms with van der Waals surface area (Å²) in [5, 5.41) is 15.0. The van der Waals surface area contributed by atoms with E-state index in [1.807, 2.05) is 13.8 Å². The van der Waals surface area contributed by atoms with Crippen molar-refractivity contribution in [2.24, 2.45) is 0 Å². The Morgan fingerprint density at radius 3 is 2.55 bits per heavy atom. The van der Waals surface area contributed by atoms with Gasteiger partial charge in [0.1, 0.15) is 5.82 Å². The van der Waals surface area contributed by atoms with Crippen LogP contribution in [0.4, 0.5) is 16.3 Å². The minimum absolute atomic E-state index is 0.0775. The lowest BCUT2D eigenvalue weighted by molar-refractivity contribution is -0.127. The van der Waals surface area contributed by atoms with Crippen molar-refractivity contribution in [1.82, 2.24) is 29.5 Å². The van der Waals surface area contributed by atoms with Gasteiger partial charge in [-0.25, -0.2) is 8.79 Å². The molecule has 1 amide bonds. The molecular formula is C18H23FN8OS. The Morgan fingerprint density at radius 1 is 1.14 bits per heavy atom. The second-order valence-corrected chi connectivity index (χ2v) is 7.16. The number of nitrogens with zero attached hydrogens (tertiary/aromatic N) is 6. The molecule has 0 saturated carbocycles. The zero-order chi connectivity index (χ0) is 20.8. The summed E-state index contributed by atoms with van der Waals surface area (Å²) in [5.74, 6) is 1.24. The van der Waals surface area contributed by atoms with Gasteiger partial charge in [-0.2, -0.15) is 9.97 Å². The van der Waals surface area contributed by atoms with Gasteiger partial charge >= 0.3 is 0 Å². The van der Waals surface area contributed by atoms with Gasteiger partial charge in [0, 0.05) is 26.7 Å². The van der Waals surface area contributed by atoms with E-state index in [1.165, 1.54) is 23.9 Å². The van der Waals surface area contributed by atoms with Crippen LogP contribution in [0, 0.1) is 5.82 Å². The number of fused-ring (bicyclic) bond motifs is 1. The number of nitrogens with one attached hydrogen (secondary N) is 2. The van der Waals surface area contributed by atoms with E-state index in [-0.39, 0.29) is 17.5 Å². The van der Waals surface area contributed by atoms with Gasteiger partial charge in [-0.1, -0.05) is 23.9 Å². The van der Waals surface area contributed by atoms with Gasteiger partial charge in [-0.3, -0.25) is 4.79 Å². The van der Waals surface area contributed by atoms with Crippen LogP contribution >= 0.6 is 11.8 Å². The summed E-state index contributed by atoms with van der Waals surface area (Å²) in [5.41, 5.74) is 0.860. The Kier molecular flexibility index (Phi) is 6.81. The number of hydrogen-bond donors (Lipinski definition) is 2. The smallest absolute Gasteiger partial charge is 0.261 e. The van der Waals surface area contributed by atoms with Crippen LogP contribution in [-0.4, -0.2) is 61.3 Å². The summed E-state index contributed by atoms with van der Waals surface area (Å²) in [6.45, 7) is 5.68. The van der Waals surface area contributed by atoms with Crippen molar-refractivity contribution in [1.29, 1.82) is 0 Å². The van der Waals surface area contributed by atoms with E-state index in [0.717, 1.165) is 5.56 Å². The first-order valence-corrected chi connectivity index (χ1v) is 10.2. The highest BCUT2D eigenvalue weighted by Gasteiger charge is 2.17. The van der Waals surface area contributed by atoms with Gasteiger partial charge in [-0.05, 0) is 31.5 Å². The van der Waals surface area contributed by atoms with E-state index in [4.69, 9.17) is 0 Å². The van der Waals surface area contributed by atoms with E-state index in [0.29, 0.717) is 42.5 Å². The Balaban J connectivity index is 1.70. The van der Waals surface area contributed by atoms with Crippen molar-refractivity contribution in [2.45, 2.75) is 25.5 Å². The third-order valence-electron chi connectivity index (χ3n) is 4.00. The van der Waals surface area contributed by atoms with Crippen molar-refractivity contribution in [3.8, 4) is 0 Å². The number of hydrogen-bond acceptors (Lipinski definition) is 8. The average molecular weight is 419 g/mol. The number of aromatic nitrogens is 5. The molecule has 0 aliphatic heterocycles. The van der Waals surface area contributed by atoms with Gasteiger partial charge < -0.3 is 15.5 Å². The lowest BCUT2D eigenvalue weighted by Crippen LogP contribution is -2.27. The molecule has 0 aliphatic rings. The minimum Gasteiger partial charge on any atom is -0.355 e. The molecule has 0 aliphatic carbocycles. The highest BCUT2D eigenvalue weighted by molar-refractivity contribution is 7.99. The van der Waals surface area contributed by atoms with Gasteiger partial charge in [0.15, 0.2) is 5.16 Å². The second-order valence-electron chi connectivity index (χ2n) is 6.21. The molecule has 0 radical (unpaired) electrons. The summed E-state index contributed by atoms with van der Waals surface area (Å²) in [6, 6.07) is 6.10. The third kappa shape index (κ3) is 5.11. The number of thioether (sulfide) groups is 1. The van der Waals surface area contributed by atoms with Crippen LogP contribution in [0.3, 0.4) is 0 Å². The molecule has 154 valence electrons. The molecule has 3 aromatic rings. The molecule has 1 aromatic carbocycles. The predicted octanol–water partition coefficient (Wildman–Crippen LogP) is 2.27. The number of carbonyl (C=O) groups excluding carboxylic acids is 1. The van der Waals surface area contributed by atoms with Gasteiger partial charge in [0.05, 0.1) is 5.75 Å². The van der Waals surface area contributed by atoms with Crippen LogP contribution in [0.5, 0.6) is 0 Å². The van der Waals surface area contributed by atoms with Crippen molar-refractivity contribution in [3.63, 3.8) is 0 Å². The predicted molar refractivity (Wildman–Crippen MR) is 111 cm³/mol. The fourth-order valence-electron chi connectivity index (χ4n) is 2.59. The second kappa shape index (κ2) is 9.50. The Hall–Kier alpha value is -2.95. The molecule has 11 heteroatoms. The van der Waals surface area contributed by atoms with Gasteiger partial charge in [0.25, 0.3) is 5.78 Å². The lowest BCUT2D eigenvalue weighted by atomic mass is 10.2. The molecule has 0 atom stereocenters. The zero-order valence-corrected chi connectivity index (χ0v) is 17.3. The molecule has 2 aromatic heterocycles. The Labute approximate surface area is 172 Å². The van der Waals surface area contributed by atoms with Crippen molar-refractivity contribution in [3.05, 3.63) is 35.6 Å². The first-order valence-electron chi connectivity index (χ1n) is 9.24. The molecule has 0 unspecified atom stereocenters. The molecule has 0 saturated heterocycles. The van der Waals surface area contributed by atoms with Crippen LogP contribution < -0.4 is 10.6 Å². The molecular weight excluding hydrogens is 395 g/mol. The maximum Gasteiger partial charge on any atom is 0.261 e. The molecule has 0 fully saturated rings. The molecule has 0 spiro atoms. The topological polar surface area (TPSA) is 100 Å². The van der Waals surface area contributed by atoms with E-state index in [9.17, 15) is 9.18 Å². The van der Waals surface area contributed by atoms with Crippen LogP contribution in [0.15, 0.2) is 29.4 Å². The van der Waals surface area contributed by atoms with Crippen LogP contribution in [0.2, 0.25) is 0 Å². The minimum atomic E-state index is -0.298. The number of halogens is 1. The molecule has 2 N–H and O–H groups in total. The largest absolute Gasteiger partial charge is 0.355 e. The quantitative estimate of drug-likeness (QED) is 0.511. The molecule has 29 heavy (non-hydrogen) atoms. The van der Waals surface area contributed by atoms with E-state index in [2.05, 4.69) is 30.8 Å². The lowest BCUT2D eigenvalue weighted by Gasteiger charge is -2.17. The van der Waals surface area contributed by atoms with Crippen molar-refractivity contribution >= 4 is 35.3 Å². The molecule has 9 nitrogen and oxygen atoms in total. The summed E-state index contributed by atoms with van der Waals surface area (Å²) >= 11 is 1.26. The zero-order valence-electron chi connectivity index (χ0n) is 16.5. The standard InChI is InChI=1S/C18H23FN8OS/c1-4-20-15-22-16(21-5-2)27-17(23-15)24-25-18(27)29-11-14(28)26(3)10-12-6-8-13(19)9-7-12/h6-9H,4-5,10-11H2,1-3H3,(H2,20,21,22,23,24). The van der Waals surface area contributed by atoms with Crippen molar-refractivity contribution in [2.75, 3.05) is 36.5 Å². The van der Waals surface area contributed by atoms with Gasteiger partial charge in [-0.15, -0.1) is 10.2 Å². The SMILES string of the molecule is CCNc1nc(NCC)n2c(SCC(=O)N(C)Cc3ccc(F)cc3)nnc2n1. The Morgan fingerprint density at radius 2 is 1.86 bits per heavy atom. The van der Waals surface area contributed by atoms with Crippen molar-refractivity contribution < 1.29 is 9.18 Å². The molecule has 2 heterocycles. The first-order chi connectivity index (χ1) is 14.0. The van der Waals surface area contributed by atoms with E-state index < -0.39 is 0 Å². The average Bonchev–Trinajstić information content (AvgIpc) is 3.11. The summed E-state index contributed by atoms with van der Waals surface area (Å²) in [4.78, 5) is 22.9. The highest BCUT2D eigenvalue weighted by Crippen LogP contribution is 2.21. The normalized spacial score (nSPS) is 10.9. The third-order valence-corrected chi connectivity index (χ3v) is 4.91. The Bertz CT molecular complexity index is 978. The first kappa shape index (κ1) is 20.8.